The highest BCUT2D eigenvalue weighted by molar-refractivity contribution is 6.34. The van der Waals surface area contributed by atoms with Gasteiger partial charge in [0.25, 0.3) is 0 Å². The highest BCUT2D eigenvalue weighted by Crippen LogP contribution is 2.25. The monoisotopic (exact) mass is 502 g/mol. The third kappa shape index (κ3) is 5.94. The molecule has 34 heavy (non-hydrogen) atoms. The summed E-state index contributed by atoms with van der Waals surface area (Å²) in [4.78, 5) is 31.4. The highest BCUT2D eigenvalue weighted by Gasteiger charge is 2.27. The second-order valence-corrected chi connectivity index (χ2v) is 8.84. The normalized spacial score (nSPS) is 16.3. The fourth-order valence-corrected chi connectivity index (χ4v) is 4.23. The number of nitrogens with zero attached hydrogens (tertiary/aromatic N) is 3. The van der Waals surface area contributed by atoms with Gasteiger partial charge in [0.1, 0.15) is 0 Å². The summed E-state index contributed by atoms with van der Waals surface area (Å²) in [6.45, 7) is 3.86. The molecule has 0 spiro atoms. The van der Waals surface area contributed by atoms with Crippen molar-refractivity contribution in [2.24, 2.45) is 5.92 Å². The number of aromatic nitrogens is 2. The lowest BCUT2D eigenvalue weighted by molar-refractivity contribution is -0.121. The number of rotatable bonds is 7. The molecule has 0 radical (unpaired) electrons. The fraction of sp³-hybridized carbons (Fsp3) is 0.333. The molecular formula is C24H24Cl2N4O4. The third-order valence-electron chi connectivity index (χ3n) is 5.54. The summed E-state index contributed by atoms with van der Waals surface area (Å²) < 4.78 is 10.4. The van der Waals surface area contributed by atoms with Gasteiger partial charge in [0.05, 0.1) is 29.7 Å². The van der Waals surface area contributed by atoms with Crippen LogP contribution in [0.25, 0.3) is 11.4 Å². The first-order valence-electron chi connectivity index (χ1n) is 11.0. The average molecular weight is 503 g/mol. The predicted octanol–water partition coefficient (Wildman–Crippen LogP) is 5.07. The molecule has 8 nitrogen and oxygen atoms in total. The van der Waals surface area contributed by atoms with E-state index in [-0.39, 0.29) is 29.0 Å². The average Bonchev–Trinajstić information content (AvgIpc) is 3.28. The lowest BCUT2D eigenvalue weighted by Crippen LogP contribution is -2.40. The van der Waals surface area contributed by atoms with Crippen LogP contribution in [0.15, 0.2) is 47.0 Å². The van der Waals surface area contributed by atoms with Gasteiger partial charge in [0, 0.05) is 22.8 Å². The Balaban J connectivity index is 1.35. The van der Waals surface area contributed by atoms with Gasteiger partial charge >= 0.3 is 5.97 Å². The summed E-state index contributed by atoms with van der Waals surface area (Å²) in [7, 11) is 0. The second kappa shape index (κ2) is 11.0. The van der Waals surface area contributed by atoms with E-state index in [2.05, 4.69) is 20.4 Å². The number of anilines is 1. The van der Waals surface area contributed by atoms with Crippen LogP contribution in [0.3, 0.4) is 0 Å². The van der Waals surface area contributed by atoms with Gasteiger partial charge in [-0.1, -0.05) is 28.4 Å². The number of benzene rings is 2. The van der Waals surface area contributed by atoms with Crippen LogP contribution in [0.5, 0.6) is 0 Å². The van der Waals surface area contributed by atoms with Gasteiger partial charge in [-0.2, -0.15) is 4.98 Å². The molecule has 1 N–H and O–H groups in total. The Bertz CT molecular complexity index is 1170. The molecule has 3 aromatic rings. The molecule has 0 bridgehead atoms. The van der Waals surface area contributed by atoms with Crippen molar-refractivity contribution in [3.05, 3.63) is 64.0 Å². The molecule has 1 aliphatic heterocycles. The quantitative estimate of drug-likeness (QED) is 0.450. The van der Waals surface area contributed by atoms with Gasteiger partial charge in [-0.25, -0.2) is 4.79 Å². The van der Waals surface area contributed by atoms with Gasteiger partial charge in [-0.05, 0) is 68.8 Å². The van der Waals surface area contributed by atoms with Gasteiger partial charge in [-0.15, -0.1) is 0 Å². The molecule has 2 heterocycles. The first kappa shape index (κ1) is 24.2. The van der Waals surface area contributed by atoms with Crippen molar-refractivity contribution in [2.45, 2.75) is 26.3 Å². The SMILES string of the molecule is CCOC(=O)c1ccc(NC(=O)C2CCCN(Cc3nc(-c4ccc(Cl)cc4)no3)C2)cc1Cl. The molecule has 0 saturated carbocycles. The zero-order valence-corrected chi connectivity index (χ0v) is 20.1. The highest BCUT2D eigenvalue weighted by atomic mass is 35.5. The molecule has 1 aliphatic rings. The van der Waals surface area contributed by atoms with Crippen LogP contribution in [0.1, 0.15) is 36.0 Å². The maximum atomic E-state index is 12.9. The third-order valence-corrected chi connectivity index (χ3v) is 6.10. The number of esters is 1. The molecule has 1 unspecified atom stereocenters. The van der Waals surface area contributed by atoms with Crippen molar-refractivity contribution in [1.82, 2.24) is 15.0 Å². The van der Waals surface area contributed by atoms with E-state index in [1.807, 2.05) is 12.1 Å². The number of piperidine rings is 1. The van der Waals surface area contributed by atoms with Crippen molar-refractivity contribution in [3.63, 3.8) is 0 Å². The smallest absolute Gasteiger partial charge is 0.339 e. The van der Waals surface area contributed by atoms with E-state index >= 15 is 0 Å². The number of carbonyl (C=O) groups excluding carboxylic acids is 2. The summed E-state index contributed by atoms with van der Waals surface area (Å²) in [5.41, 5.74) is 1.62. The number of hydrogen-bond donors (Lipinski definition) is 1. The zero-order chi connectivity index (χ0) is 24.1. The second-order valence-electron chi connectivity index (χ2n) is 8.00. The van der Waals surface area contributed by atoms with Crippen LogP contribution in [-0.2, 0) is 16.1 Å². The molecule has 1 saturated heterocycles. The molecule has 1 atom stereocenters. The Morgan fingerprint density at radius 2 is 2.00 bits per heavy atom. The maximum Gasteiger partial charge on any atom is 0.339 e. The van der Waals surface area contributed by atoms with Crippen LogP contribution in [0, 0.1) is 5.92 Å². The topological polar surface area (TPSA) is 97.6 Å². The number of hydrogen-bond acceptors (Lipinski definition) is 7. The fourth-order valence-electron chi connectivity index (χ4n) is 3.85. The Morgan fingerprint density at radius 3 is 2.74 bits per heavy atom. The van der Waals surface area contributed by atoms with Gasteiger partial charge in [0.15, 0.2) is 0 Å². The number of nitrogens with one attached hydrogen (secondary N) is 1. The minimum atomic E-state index is -0.492. The van der Waals surface area contributed by atoms with Crippen LogP contribution < -0.4 is 5.32 Å². The van der Waals surface area contributed by atoms with Crippen LogP contribution in [0.4, 0.5) is 5.69 Å². The van der Waals surface area contributed by atoms with E-state index in [1.165, 1.54) is 0 Å². The van der Waals surface area contributed by atoms with Crippen molar-refractivity contribution < 1.29 is 18.8 Å². The molecule has 1 fully saturated rings. The molecule has 1 amide bonds. The minimum absolute atomic E-state index is 0.1000. The van der Waals surface area contributed by atoms with Crippen molar-refractivity contribution in [3.8, 4) is 11.4 Å². The standard InChI is InChI=1S/C24H24Cl2N4O4/c1-2-33-24(32)19-10-9-18(12-20(19)26)27-23(31)16-4-3-11-30(13-16)14-21-28-22(29-34-21)15-5-7-17(25)8-6-15/h5-10,12,16H,2-4,11,13-14H2,1H3,(H,27,31). The van der Waals surface area contributed by atoms with Gasteiger partial charge in [0.2, 0.25) is 17.6 Å². The Kier molecular flexibility index (Phi) is 7.82. The minimum Gasteiger partial charge on any atom is -0.462 e. The lowest BCUT2D eigenvalue weighted by Gasteiger charge is -2.30. The molecule has 4 rings (SSSR count). The van der Waals surface area contributed by atoms with E-state index < -0.39 is 5.97 Å². The Hall–Kier alpha value is -2.94. The van der Waals surface area contributed by atoms with Crippen LogP contribution >= 0.6 is 23.2 Å². The molecule has 2 aromatic carbocycles. The summed E-state index contributed by atoms with van der Waals surface area (Å²) in [6, 6.07) is 12.0. The van der Waals surface area contributed by atoms with Gasteiger partial charge in [-0.3, -0.25) is 9.69 Å². The summed E-state index contributed by atoms with van der Waals surface area (Å²) in [5.74, 6) is 0.204. The van der Waals surface area contributed by atoms with Crippen molar-refractivity contribution >= 4 is 40.8 Å². The molecule has 1 aromatic heterocycles. The maximum absolute atomic E-state index is 12.9. The Morgan fingerprint density at radius 1 is 1.21 bits per heavy atom. The largest absolute Gasteiger partial charge is 0.462 e. The number of carbonyl (C=O) groups is 2. The zero-order valence-electron chi connectivity index (χ0n) is 18.6. The molecule has 178 valence electrons. The molecule has 10 heteroatoms. The van der Waals surface area contributed by atoms with E-state index in [1.54, 1.807) is 37.3 Å². The lowest BCUT2D eigenvalue weighted by atomic mass is 9.97. The summed E-state index contributed by atoms with van der Waals surface area (Å²) in [5, 5.41) is 7.82. The number of amides is 1. The summed E-state index contributed by atoms with van der Waals surface area (Å²) >= 11 is 12.1. The van der Waals surface area contributed by atoms with Crippen molar-refractivity contribution in [1.29, 1.82) is 0 Å². The Labute approximate surface area is 207 Å². The molecular weight excluding hydrogens is 479 g/mol. The van der Waals surface area contributed by atoms with E-state index in [9.17, 15) is 9.59 Å². The first-order valence-corrected chi connectivity index (χ1v) is 11.8. The number of halogens is 2. The number of ether oxygens (including phenoxy) is 1. The summed E-state index contributed by atoms with van der Waals surface area (Å²) in [6.07, 6.45) is 1.65. The van der Waals surface area contributed by atoms with E-state index in [0.717, 1.165) is 24.9 Å². The van der Waals surface area contributed by atoms with Crippen LogP contribution in [-0.4, -0.2) is 46.6 Å². The predicted molar refractivity (Wildman–Crippen MR) is 129 cm³/mol. The van der Waals surface area contributed by atoms with Crippen LogP contribution in [0.2, 0.25) is 10.0 Å². The first-order chi connectivity index (χ1) is 16.4. The van der Waals surface area contributed by atoms with E-state index in [0.29, 0.717) is 35.5 Å². The van der Waals surface area contributed by atoms with Crippen molar-refractivity contribution in [2.75, 3.05) is 25.0 Å². The van der Waals surface area contributed by atoms with Gasteiger partial charge < -0.3 is 14.6 Å². The van der Waals surface area contributed by atoms with E-state index in [4.69, 9.17) is 32.5 Å². The molecule has 0 aliphatic carbocycles. The number of likely N-dealkylation sites (tertiary alicyclic amines) is 1.